The Morgan fingerprint density at radius 1 is 1.31 bits per heavy atom. The Labute approximate surface area is 78.5 Å². The average molecular weight is 190 g/mol. The molecule has 78 valence electrons. The van der Waals surface area contributed by atoms with Gasteiger partial charge >= 0.3 is 0 Å². The van der Waals surface area contributed by atoms with Gasteiger partial charge in [-0.3, -0.25) is 0 Å². The lowest BCUT2D eigenvalue weighted by Gasteiger charge is -2.26. The molecule has 1 aliphatic carbocycles. The largest absolute Gasteiger partial charge is 0.396 e. The van der Waals surface area contributed by atoms with Crippen molar-refractivity contribution in [2.24, 2.45) is 11.8 Å². The van der Waals surface area contributed by atoms with Crippen LogP contribution in [0.5, 0.6) is 0 Å². The fourth-order valence-corrected chi connectivity index (χ4v) is 2.12. The molecular formula is C9H18O4. The van der Waals surface area contributed by atoms with Crippen LogP contribution in [0.4, 0.5) is 0 Å². The topological polar surface area (TPSA) is 58.9 Å². The maximum Gasteiger partial charge on any atom is 0.160 e. The van der Waals surface area contributed by atoms with Crippen LogP contribution in [-0.4, -0.2) is 43.4 Å². The van der Waals surface area contributed by atoms with E-state index in [4.69, 9.17) is 14.6 Å². The number of aliphatic hydroxyl groups excluding tert-OH is 2. The van der Waals surface area contributed by atoms with Gasteiger partial charge in [-0.2, -0.15) is 0 Å². The molecule has 0 radical (unpaired) electrons. The third-order valence-corrected chi connectivity index (χ3v) is 2.86. The van der Waals surface area contributed by atoms with E-state index < -0.39 is 6.10 Å². The standard InChI is InChI=1S/C9H18O4/c1-12-9(13-2)6-3-4-8(11)7(6)5-10/h6-11H,3-5H2,1-2H3. The van der Waals surface area contributed by atoms with Gasteiger partial charge in [0.05, 0.1) is 6.10 Å². The van der Waals surface area contributed by atoms with Crippen LogP contribution in [-0.2, 0) is 9.47 Å². The number of ether oxygens (including phenoxy) is 2. The zero-order valence-electron chi connectivity index (χ0n) is 8.14. The monoisotopic (exact) mass is 190 g/mol. The number of methoxy groups -OCH3 is 2. The van der Waals surface area contributed by atoms with E-state index in [1.54, 1.807) is 14.2 Å². The minimum absolute atomic E-state index is 0.00491. The van der Waals surface area contributed by atoms with Gasteiger partial charge in [-0.25, -0.2) is 0 Å². The smallest absolute Gasteiger partial charge is 0.160 e. The summed E-state index contributed by atoms with van der Waals surface area (Å²) in [6, 6.07) is 0. The zero-order valence-corrected chi connectivity index (χ0v) is 8.14. The van der Waals surface area contributed by atoms with Crippen molar-refractivity contribution in [3.05, 3.63) is 0 Å². The summed E-state index contributed by atoms with van der Waals surface area (Å²) in [4.78, 5) is 0. The Kier molecular flexibility index (Phi) is 4.12. The first-order chi connectivity index (χ1) is 6.24. The summed E-state index contributed by atoms with van der Waals surface area (Å²) in [6.07, 6.45) is 0.842. The summed E-state index contributed by atoms with van der Waals surface area (Å²) in [7, 11) is 3.15. The highest BCUT2D eigenvalue weighted by Gasteiger charge is 2.39. The highest BCUT2D eigenvalue weighted by molar-refractivity contribution is 4.85. The lowest BCUT2D eigenvalue weighted by Crippen LogP contribution is -2.33. The van der Waals surface area contributed by atoms with Crippen molar-refractivity contribution in [2.45, 2.75) is 25.2 Å². The van der Waals surface area contributed by atoms with Crippen LogP contribution >= 0.6 is 0 Å². The highest BCUT2D eigenvalue weighted by Crippen LogP contribution is 2.35. The maximum atomic E-state index is 9.53. The van der Waals surface area contributed by atoms with Gasteiger partial charge < -0.3 is 19.7 Å². The fourth-order valence-electron chi connectivity index (χ4n) is 2.12. The van der Waals surface area contributed by atoms with Crippen molar-refractivity contribution in [2.75, 3.05) is 20.8 Å². The highest BCUT2D eigenvalue weighted by atomic mass is 16.7. The first-order valence-corrected chi connectivity index (χ1v) is 4.59. The van der Waals surface area contributed by atoms with Crippen molar-refractivity contribution in [1.82, 2.24) is 0 Å². The zero-order chi connectivity index (χ0) is 9.84. The third kappa shape index (κ3) is 2.20. The van der Waals surface area contributed by atoms with E-state index in [0.717, 1.165) is 12.8 Å². The summed E-state index contributed by atoms with van der Waals surface area (Å²) in [5.74, 6) is -0.0000926. The van der Waals surface area contributed by atoms with Crippen LogP contribution in [0.1, 0.15) is 12.8 Å². The Morgan fingerprint density at radius 2 is 1.92 bits per heavy atom. The van der Waals surface area contributed by atoms with Crippen molar-refractivity contribution in [3.63, 3.8) is 0 Å². The summed E-state index contributed by atoms with van der Waals surface area (Å²) in [5.41, 5.74) is 0. The first kappa shape index (κ1) is 10.9. The molecule has 1 fully saturated rings. The second-order valence-electron chi connectivity index (χ2n) is 3.49. The quantitative estimate of drug-likeness (QED) is 0.612. The van der Waals surface area contributed by atoms with E-state index in [1.807, 2.05) is 0 Å². The molecule has 0 spiro atoms. The molecule has 1 rings (SSSR count). The molecule has 3 unspecified atom stereocenters. The third-order valence-electron chi connectivity index (χ3n) is 2.86. The minimum atomic E-state index is -0.414. The van der Waals surface area contributed by atoms with E-state index in [0.29, 0.717) is 0 Å². The average Bonchev–Trinajstić information content (AvgIpc) is 2.50. The van der Waals surface area contributed by atoms with Crippen molar-refractivity contribution >= 4 is 0 Å². The molecule has 0 amide bonds. The molecule has 1 aliphatic rings. The summed E-state index contributed by atoms with van der Waals surface area (Å²) in [6.45, 7) is -0.00491. The Hall–Kier alpha value is -0.160. The Balaban J connectivity index is 2.57. The molecule has 0 aromatic heterocycles. The van der Waals surface area contributed by atoms with E-state index in [9.17, 15) is 5.11 Å². The predicted octanol–water partition coefficient (Wildman–Crippen LogP) is -0.0153. The van der Waals surface area contributed by atoms with Gasteiger partial charge in [-0.1, -0.05) is 0 Å². The molecule has 13 heavy (non-hydrogen) atoms. The van der Waals surface area contributed by atoms with Gasteiger partial charge in [-0.05, 0) is 12.8 Å². The molecule has 0 aliphatic heterocycles. The normalized spacial score (nSPS) is 34.4. The fraction of sp³-hybridized carbons (Fsp3) is 1.00. The molecule has 4 nitrogen and oxygen atoms in total. The number of aliphatic hydroxyl groups is 2. The van der Waals surface area contributed by atoms with Gasteiger partial charge in [0.1, 0.15) is 0 Å². The second kappa shape index (κ2) is 4.91. The molecule has 0 heterocycles. The van der Waals surface area contributed by atoms with Gasteiger partial charge in [0.15, 0.2) is 6.29 Å². The Bertz CT molecular complexity index is 147. The maximum absolute atomic E-state index is 9.53. The van der Waals surface area contributed by atoms with Crippen LogP contribution in [0.15, 0.2) is 0 Å². The Morgan fingerprint density at radius 3 is 2.38 bits per heavy atom. The lowest BCUT2D eigenvalue weighted by atomic mass is 9.95. The molecule has 4 heteroatoms. The van der Waals surface area contributed by atoms with Crippen LogP contribution in [0.25, 0.3) is 0 Å². The van der Waals surface area contributed by atoms with Gasteiger partial charge in [0.2, 0.25) is 0 Å². The van der Waals surface area contributed by atoms with Gasteiger partial charge in [-0.15, -0.1) is 0 Å². The summed E-state index contributed by atoms with van der Waals surface area (Å²) >= 11 is 0. The van der Waals surface area contributed by atoms with Crippen LogP contribution in [0.2, 0.25) is 0 Å². The number of hydrogen-bond acceptors (Lipinski definition) is 4. The van der Waals surface area contributed by atoms with Gasteiger partial charge in [0.25, 0.3) is 0 Å². The van der Waals surface area contributed by atoms with Crippen LogP contribution in [0.3, 0.4) is 0 Å². The van der Waals surface area contributed by atoms with E-state index in [1.165, 1.54) is 0 Å². The van der Waals surface area contributed by atoms with Crippen molar-refractivity contribution < 1.29 is 19.7 Å². The molecule has 0 aromatic carbocycles. The van der Waals surface area contributed by atoms with Crippen molar-refractivity contribution in [1.29, 1.82) is 0 Å². The van der Waals surface area contributed by atoms with Crippen LogP contribution < -0.4 is 0 Å². The molecule has 0 bridgehead atoms. The minimum Gasteiger partial charge on any atom is -0.396 e. The van der Waals surface area contributed by atoms with E-state index in [2.05, 4.69) is 0 Å². The molecular weight excluding hydrogens is 172 g/mol. The lowest BCUT2D eigenvalue weighted by molar-refractivity contribution is -0.152. The van der Waals surface area contributed by atoms with E-state index >= 15 is 0 Å². The second-order valence-corrected chi connectivity index (χ2v) is 3.49. The molecule has 3 atom stereocenters. The molecule has 2 N–H and O–H groups in total. The number of rotatable bonds is 4. The van der Waals surface area contributed by atoms with Gasteiger partial charge in [0, 0.05) is 32.7 Å². The predicted molar refractivity (Wildman–Crippen MR) is 47.1 cm³/mol. The van der Waals surface area contributed by atoms with Crippen molar-refractivity contribution in [3.8, 4) is 0 Å². The van der Waals surface area contributed by atoms with E-state index in [-0.39, 0.29) is 24.7 Å². The SMILES string of the molecule is COC(OC)C1CCC(O)C1CO. The summed E-state index contributed by atoms with van der Waals surface area (Å²) in [5, 5.41) is 18.6. The number of hydrogen-bond donors (Lipinski definition) is 2. The summed E-state index contributed by atoms with van der Waals surface area (Å²) < 4.78 is 10.2. The molecule has 0 saturated heterocycles. The molecule has 0 aromatic rings. The first-order valence-electron chi connectivity index (χ1n) is 4.59. The van der Waals surface area contributed by atoms with Crippen LogP contribution in [0, 0.1) is 11.8 Å². The molecule has 1 saturated carbocycles.